The van der Waals surface area contributed by atoms with Crippen molar-refractivity contribution in [3.05, 3.63) is 47.8 Å². The monoisotopic (exact) mass is 395 g/mol. The Hall–Kier alpha value is -2.31. The van der Waals surface area contributed by atoms with Gasteiger partial charge in [-0.1, -0.05) is 44.2 Å². The number of benzene rings is 1. The lowest BCUT2D eigenvalue weighted by atomic mass is 9.82. The number of rotatable bonds is 4. The molecule has 1 saturated heterocycles. The second kappa shape index (κ2) is 7.84. The molecule has 6 nitrogen and oxygen atoms in total. The summed E-state index contributed by atoms with van der Waals surface area (Å²) in [6.07, 6.45) is 4.58. The predicted molar refractivity (Wildman–Crippen MR) is 110 cm³/mol. The number of aliphatic hydroxyl groups is 1. The van der Waals surface area contributed by atoms with Crippen LogP contribution in [0.3, 0.4) is 0 Å². The summed E-state index contributed by atoms with van der Waals surface area (Å²) >= 11 is 0. The van der Waals surface area contributed by atoms with Crippen LogP contribution in [0.1, 0.15) is 44.4 Å². The van der Waals surface area contributed by atoms with Gasteiger partial charge in [0.15, 0.2) is 5.82 Å². The van der Waals surface area contributed by atoms with Crippen molar-refractivity contribution in [1.29, 1.82) is 0 Å². The number of likely N-dealkylation sites (tertiary alicyclic amines) is 1. The Morgan fingerprint density at radius 1 is 1.24 bits per heavy atom. The van der Waals surface area contributed by atoms with Crippen LogP contribution in [-0.2, 0) is 21.6 Å². The Balaban J connectivity index is 1.55. The first kappa shape index (κ1) is 20.0. The van der Waals surface area contributed by atoms with E-state index in [1.807, 2.05) is 55.3 Å². The highest BCUT2D eigenvalue weighted by Crippen LogP contribution is 2.41. The summed E-state index contributed by atoms with van der Waals surface area (Å²) in [6.45, 7) is 5.78. The van der Waals surface area contributed by atoms with Gasteiger partial charge in [-0.15, -0.1) is 0 Å². The van der Waals surface area contributed by atoms with E-state index in [-0.39, 0.29) is 12.5 Å². The van der Waals surface area contributed by atoms with Crippen molar-refractivity contribution in [2.45, 2.75) is 45.1 Å². The van der Waals surface area contributed by atoms with Crippen LogP contribution in [0.2, 0.25) is 0 Å². The van der Waals surface area contributed by atoms with Crippen LogP contribution in [0.4, 0.5) is 0 Å². The van der Waals surface area contributed by atoms with Crippen LogP contribution in [0, 0.1) is 5.41 Å². The van der Waals surface area contributed by atoms with Gasteiger partial charge in [-0.25, -0.2) is 9.97 Å². The van der Waals surface area contributed by atoms with Crippen LogP contribution in [0.15, 0.2) is 36.5 Å². The van der Waals surface area contributed by atoms with Crippen molar-refractivity contribution in [3.63, 3.8) is 0 Å². The number of carbonyl (C=O) groups excluding carboxylic acids is 1. The molecule has 0 unspecified atom stereocenters. The molecule has 2 aliphatic rings. The number of carbonyl (C=O) groups is 1. The van der Waals surface area contributed by atoms with E-state index < -0.39 is 11.0 Å². The average molecular weight is 396 g/mol. The molecule has 1 aromatic carbocycles. The summed E-state index contributed by atoms with van der Waals surface area (Å²) in [5.41, 5.74) is 2.30. The first-order valence-corrected chi connectivity index (χ1v) is 10.4. The summed E-state index contributed by atoms with van der Waals surface area (Å²) in [6, 6.07) is 9.99. The van der Waals surface area contributed by atoms with Gasteiger partial charge in [0.1, 0.15) is 5.60 Å². The molecule has 1 spiro atoms. The minimum absolute atomic E-state index is 0.00614. The molecule has 6 heteroatoms. The molecule has 0 bridgehead atoms. The number of nitrogens with zero attached hydrogens (tertiary/aromatic N) is 3. The van der Waals surface area contributed by atoms with Crippen LogP contribution in [0.25, 0.3) is 11.4 Å². The molecule has 4 rings (SSSR count). The molecule has 29 heavy (non-hydrogen) atoms. The minimum Gasteiger partial charge on any atom is -0.396 e. The molecule has 1 N–H and O–H groups in total. The van der Waals surface area contributed by atoms with E-state index in [0.29, 0.717) is 26.1 Å². The molecular formula is C23H29N3O3. The van der Waals surface area contributed by atoms with Gasteiger partial charge in [-0.3, -0.25) is 4.79 Å². The van der Waals surface area contributed by atoms with Crippen LogP contribution in [0.5, 0.6) is 0 Å². The van der Waals surface area contributed by atoms with E-state index in [1.54, 1.807) is 0 Å². The van der Waals surface area contributed by atoms with E-state index in [0.717, 1.165) is 41.9 Å². The lowest BCUT2D eigenvalue weighted by molar-refractivity contribution is -0.143. The molecule has 0 radical (unpaired) electrons. The quantitative estimate of drug-likeness (QED) is 0.861. The fourth-order valence-electron chi connectivity index (χ4n) is 4.21. The van der Waals surface area contributed by atoms with Gasteiger partial charge in [0.2, 0.25) is 5.91 Å². The molecule has 2 aromatic rings. The SMILES string of the molecule is CC(C)(CO)CC(=O)N1CCC2(CC1)OCCc1cnc(-c3ccccc3)nc12. The van der Waals surface area contributed by atoms with Crippen LogP contribution < -0.4 is 0 Å². The normalized spacial score (nSPS) is 18.5. The Labute approximate surface area is 171 Å². The van der Waals surface area contributed by atoms with E-state index >= 15 is 0 Å². The highest BCUT2D eigenvalue weighted by Gasteiger charge is 2.43. The van der Waals surface area contributed by atoms with E-state index in [4.69, 9.17) is 9.72 Å². The van der Waals surface area contributed by atoms with Gasteiger partial charge in [0.25, 0.3) is 0 Å². The zero-order chi connectivity index (χ0) is 20.5. The molecule has 154 valence electrons. The second-order valence-corrected chi connectivity index (χ2v) is 8.91. The molecule has 0 aliphatic carbocycles. The second-order valence-electron chi connectivity index (χ2n) is 8.91. The van der Waals surface area contributed by atoms with E-state index in [2.05, 4.69) is 4.98 Å². The van der Waals surface area contributed by atoms with Crippen molar-refractivity contribution in [3.8, 4) is 11.4 Å². The van der Waals surface area contributed by atoms with Gasteiger partial charge >= 0.3 is 0 Å². The zero-order valence-electron chi connectivity index (χ0n) is 17.2. The maximum Gasteiger partial charge on any atom is 0.223 e. The van der Waals surface area contributed by atoms with Crippen molar-refractivity contribution < 1.29 is 14.6 Å². The lowest BCUT2D eigenvalue weighted by Gasteiger charge is -2.44. The number of amides is 1. The van der Waals surface area contributed by atoms with Crippen LogP contribution >= 0.6 is 0 Å². The molecule has 1 fully saturated rings. The highest BCUT2D eigenvalue weighted by atomic mass is 16.5. The number of hydrogen-bond donors (Lipinski definition) is 1. The number of piperidine rings is 1. The molecule has 1 aromatic heterocycles. The van der Waals surface area contributed by atoms with Crippen molar-refractivity contribution >= 4 is 5.91 Å². The largest absolute Gasteiger partial charge is 0.396 e. The number of fused-ring (bicyclic) bond motifs is 2. The highest BCUT2D eigenvalue weighted by molar-refractivity contribution is 5.77. The summed E-state index contributed by atoms with van der Waals surface area (Å²) in [5, 5.41) is 9.46. The first-order valence-electron chi connectivity index (χ1n) is 10.4. The van der Waals surface area contributed by atoms with E-state index in [9.17, 15) is 9.90 Å². The van der Waals surface area contributed by atoms with Gasteiger partial charge in [-0.2, -0.15) is 0 Å². The van der Waals surface area contributed by atoms with Crippen LogP contribution in [-0.4, -0.2) is 52.2 Å². The lowest BCUT2D eigenvalue weighted by Crippen LogP contribution is -2.49. The van der Waals surface area contributed by atoms with Crippen molar-refractivity contribution in [2.75, 3.05) is 26.3 Å². The topological polar surface area (TPSA) is 75.5 Å². The summed E-state index contributed by atoms with van der Waals surface area (Å²) in [5.74, 6) is 0.819. The third-order valence-electron chi connectivity index (χ3n) is 6.06. The van der Waals surface area contributed by atoms with E-state index in [1.165, 1.54) is 0 Å². The number of aliphatic hydroxyl groups excluding tert-OH is 1. The van der Waals surface area contributed by atoms with Gasteiger partial charge in [0, 0.05) is 37.9 Å². The molecule has 0 saturated carbocycles. The fraction of sp³-hybridized carbons (Fsp3) is 0.522. The number of hydrogen-bond acceptors (Lipinski definition) is 5. The predicted octanol–water partition coefficient (Wildman–Crippen LogP) is 2.94. The molecule has 0 atom stereocenters. The Bertz CT molecular complexity index is 874. The molecule has 3 heterocycles. The minimum atomic E-state index is -0.441. The summed E-state index contributed by atoms with van der Waals surface area (Å²) in [4.78, 5) is 24.1. The maximum atomic E-state index is 12.7. The molecule has 2 aliphatic heterocycles. The zero-order valence-corrected chi connectivity index (χ0v) is 17.2. The first-order chi connectivity index (χ1) is 13.9. The molecular weight excluding hydrogens is 366 g/mol. The van der Waals surface area contributed by atoms with Gasteiger partial charge in [0.05, 0.1) is 12.3 Å². The Morgan fingerprint density at radius 2 is 1.97 bits per heavy atom. The number of ether oxygens (including phenoxy) is 1. The average Bonchev–Trinajstić information content (AvgIpc) is 2.75. The summed E-state index contributed by atoms with van der Waals surface area (Å²) in [7, 11) is 0. The number of aromatic nitrogens is 2. The maximum absolute atomic E-state index is 12.7. The Kier molecular flexibility index (Phi) is 5.40. The Morgan fingerprint density at radius 3 is 2.66 bits per heavy atom. The summed E-state index contributed by atoms with van der Waals surface area (Å²) < 4.78 is 6.31. The van der Waals surface area contributed by atoms with Crippen molar-refractivity contribution in [1.82, 2.24) is 14.9 Å². The standard InChI is InChI=1S/C23H29N3O3/c1-22(2,16-27)14-19(28)26-11-9-23(10-12-26)20-18(8-13-29-23)15-24-21(25-20)17-6-4-3-5-7-17/h3-7,15,27H,8-14,16H2,1-2H3. The fourth-order valence-corrected chi connectivity index (χ4v) is 4.21. The van der Waals surface area contributed by atoms with Gasteiger partial charge in [-0.05, 0) is 30.2 Å². The smallest absolute Gasteiger partial charge is 0.223 e. The third kappa shape index (κ3) is 4.05. The molecule has 1 amide bonds. The van der Waals surface area contributed by atoms with Gasteiger partial charge < -0.3 is 14.7 Å². The third-order valence-corrected chi connectivity index (χ3v) is 6.06. The van der Waals surface area contributed by atoms with Crippen molar-refractivity contribution in [2.24, 2.45) is 5.41 Å².